The van der Waals surface area contributed by atoms with Crippen LogP contribution in [0.3, 0.4) is 0 Å². The summed E-state index contributed by atoms with van der Waals surface area (Å²) in [4.78, 5) is 38.0. The van der Waals surface area contributed by atoms with Gasteiger partial charge in [0.25, 0.3) is 5.91 Å². The Hall–Kier alpha value is -3.10. The van der Waals surface area contributed by atoms with Crippen LogP contribution < -0.4 is 10.6 Å². The van der Waals surface area contributed by atoms with Gasteiger partial charge in [0, 0.05) is 7.05 Å². The van der Waals surface area contributed by atoms with E-state index in [2.05, 4.69) is 10.6 Å². The maximum atomic E-state index is 12.9. The van der Waals surface area contributed by atoms with Gasteiger partial charge in [-0.15, -0.1) is 23.1 Å². The highest BCUT2D eigenvalue weighted by Gasteiger charge is 2.26. The first-order chi connectivity index (χ1) is 16.0. The molecule has 0 radical (unpaired) electrons. The number of ether oxygens (including phenoxy) is 1. The topological polar surface area (TPSA) is 84.5 Å². The Morgan fingerprint density at radius 1 is 1.00 bits per heavy atom. The van der Waals surface area contributed by atoms with Gasteiger partial charge in [-0.05, 0) is 30.5 Å². The molecule has 172 valence electrons. The fraction of sp³-hybridized carbons (Fsp3) is 0.240. The van der Waals surface area contributed by atoms with Crippen molar-refractivity contribution in [1.82, 2.24) is 5.32 Å². The van der Waals surface area contributed by atoms with E-state index in [-0.39, 0.29) is 35.0 Å². The molecule has 8 heteroatoms. The Bertz CT molecular complexity index is 1070. The van der Waals surface area contributed by atoms with E-state index >= 15 is 0 Å². The molecular weight excluding hydrogens is 456 g/mol. The van der Waals surface area contributed by atoms with Crippen molar-refractivity contribution in [3.8, 4) is 0 Å². The number of rotatable bonds is 9. The van der Waals surface area contributed by atoms with Crippen LogP contribution in [-0.2, 0) is 9.53 Å². The van der Waals surface area contributed by atoms with Gasteiger partial charge in [0.2, 0.25) is 5.91 Å². The first kappa shape index (κ1) is 24.5. The first-order valence-electron chi connectivity index (χ1n) is 10.5. The summed E-state index contributed by atoms with van der Waals surface area (Å²) in [6.07, 6.45) is 0. The molecule has 33 heavy (non-hydrogen) atoms. The lowest BCUT2D eigenvalue weighted by molar-refractivity contribution is -0.113. The molecule has 6 nitrogen and oxygen atoms in total. The molecule has 2 aromatic carbocycles. The number of amides is 2. The molecule has 0 unspecified atom stereocenters. The first-order valence-corrected chi connectivity index (χ1v) is 12.4. The van der Waals surface area contributed by atoms with Gasteiger partial charge in [-0.3, -0.25) is 9.59 Å². The predicted molar refractivity (Wildman–Crippen MR) is 134 cm³/mol. The van der Waals surface area contributed by atoms with Crippen molar-refractivity contribution in [2.75, 3.05) is 24.7 Å². The molecule has 0 saturated carbocycles. The summed E-state index contributed by atoms with van der Waals surface area (Å²) < 4.78 is 5.15. The Morgan fingerprint density at radius 3 is 2.09 bits per heavy atom. The number of thiophene rings is 1. The molecule has 0 atom stereocenters. The predicted octanol–water partition coefficient (Wildman–Crippen LogP) is 5.05. The number of carbonyl (C=O) groups excluding carboxylic acids is 3. The van der Waals surface area contributed by atoms with Gasteiger partial charge < -0.3 is 15.4 Å². The zero-order valence-corrected chi connectivity index (χ0v) is 20.3. The van der Waals surface area contributed by atoms with E-state index in [1.807, 2.05) is 60.7 Å². The summed E-state index contributed by atoms with van der Waals surface area (Å²) in [5.74, 6) is -0.961. The van der Waals surface area contributed by atoms with Crippen LogP contribution in [0.15, 0.2) is 60.7 Å². The Kier molecular flexibility index (Phi) is 8.68. The van der Waals surface area contributed by atoms with Crippen LogP contribution in [0.1, 0.15) is 48.9 Å². The summed E-state index contributed by atoms with van der Waals surface area (Å²) in [6, 6.07) is 20.0. The second-order valence-electron chi connectivity index (χ2n) is 7.12. The highest BCUT2D eigenvalue weighted by atomic mass is 32.2. The van der Waals surface area contributed by atoms with E-state index in [9.17, 15) is 14.4 Å². The van der Waals surface area contributed by atoms with E-state index in [1.54, 1.807) is 13.8 Å². The monoisotopic (exact) mass is 482 g/mol. The van der Waals surface area contributed by atoms with Crippen LogP contribution >= 0.6 is 23.1 Å². The van der Waals surface area contributed by atoms with Crippen molar-refractivity contribution in [3.63, 3.8) is 0 Å². The minimum atomic E-state index is -0.559. The maximum absolute atomic E-state index is 12.9. The van der Waals surface area contributed by atoms with Gasteiger partial charge in [0.15, 0.2) is 0 Å². The number of hydrogen-bond donors (Lipinski definition) is 2. The lowest BCUT2D eigenvalue weighted by Gasteiger charge is -2.17. The van der Waals surface area contributed by atoms with E-state index < -0.39 is 5.97 Å². The minimum Gasteiger partial charge on any atom is -0.462 e. The van der Waals surface area contributed by atoms with Crippen LogP contribution in [-0.4, -0.2) is 37.2 Å². The number of carbonyl (C=O) groups is 3. The van der Waals surface area contributed by atoms with Gasteiger partial charge in [-0.1, -0.05) is 60.7 Å². The standard InChI is InChI=1S/C25H26N2O4S2/c1-4-31-25(30)20-16(2)21(23(29)26-3)33-24(20)27-19(28)15-32-22(17-11-7-5-8-12-17)18-13-9-6-10-14-18/h5-14,22H,4,15H2,1-3H3,(H,26,29)(H,27,28). The highest BCUT2D eigenvalue weighted by Crippen LogP contribution is 2.37. The van der Waals surface area contributed by atoms with Crippen LogP contribution in [0, 0.1) is 6.92 Å². The molecule has 0 aliphatic rings. The summed E-state index contributed by atoms with van der Waals surface area (Å²) in [7, 11) is 1.52. The molecule has 0 aliphatic heterocycles. The SMILES string of the molecule is CCOC(=O)c1c(NC(=O)CSC(c2ccccc2)c2ccccc2)sc(C(=O)NC)c1C. The molecule has 3 aromatic rings. The third kappa shape index (κ3) is 6.03. The molecule has 1 aromatic heterocycles. The van der Waals surface area contributed by atoms with Crippen molar-refractivity contribution < 1.29 is 19.1 Å². The van der Waals surface area contributed by atoms with Gasteiger partial charge in [0.1, 0.15) is 5.00 Å². The summed E-state index contributed by atoms with van der Waals surface area (Å²) in [5, 5.41) is 5.70. The molecule has 0 spiro atoms. The van der Waals surface area contributed by atoms with Crippen molar-refractivity contribution in [1.29, 1.82) is 0 Å². The molecular formula is C25H26N2O4S2. The molecule has 3 rings (SSSR count). The Labute approximate surface area is 201 Å². The van der Waals surface area contributed by atoms with Crippen molar-refractivity contribution in [2.24, 2.45) is 0 Å². The number of hydrogen-bond acceptors (Lipinski definition) is 6. The number of esters is 1. The van der Waals surface area contributed by atoms with Crippen LogP contribution in [0.2, 0.25) is 0 Å². The van der Waals surface area contributed by atoms with Crippen molar-refractivity contribution >= 4 is 45.9 Å². The third-order valence-electron chi connectivity index (χ3n) is 4.90. The lowest BCUT2D eigenvalue weighted by atomic mass is 10.0. The zero-order valence-electron chi connectivity index (χ0n) is 18.7. The third-order valence-corrected chi connectivity index (χ3v) is 7.41. The summed E-state index contributed by atoms with van der Waals surface area (Å²) in [6.45, 7) is 3.59. The van der Waals surface area contributed by atoms with Gasteiger partial charge in [-0.2, -0.15) is 0 Å². The largest absolute Gasteiger partial charge is 0.462 e. The Morgan fingerprint density at radius 2 is 1.58 bits per heavy atom. The Balaban J connectivity index is 1.80. The maximum Gasteiger partial charge on any atom is 0.341 e. The normalized spacial score (nSPS) is 10.7. The molecule has 0 fully saturated rings. The summed E-state index contributed by atoms with van der Waals surface area (Å²) >= 11 is 2.57. The lowest BCUT2D eigenvalue weighted by Crippen LogP contribution is -2.18. The molecule has 2 amide bonds. The fourth-order valence-corrected chi connectivity index (χ4v) is 5.59. The smallest absolute Gasteiger partial charge is 0.341 e. The number of thioether (sulfide) groups is 1. The van der Waals surface area contributed by atoms with Gasteiger partial charge >= 0.3 is 5.97 Å². The van der Waals surface area contributed by atoms with Gasteiger partial charge in [0.05, 0.1) is 28.1 Å². The number of anilines is 1. The zero-order chi connectivity index (χ0) is 23.8. The van der Waals surface area contributed by atoms with Crippen molar-refractivity contribution in [2.45, 2.75) is 19.1 Å². The second kappa shape index (κ2) is 11.7. The number of benzene rings is 2. The molecule has 0 saturated heterocycles. The van der Waals surface area contributed by atoms with Crippen LogP contribution in [0.25, 0.3) is 0 Å². The average Bonchev–Trinajstić information content (AvgIpc) is 3.15. The minimum absolute atomic E-state index is 0.0193. The van der Waals surface area contributed by atoms with E-state index in [4.69, 9.17) is 4.74 Å². The fourth-order valence-electron chi connectivity index (χ4n) is 3.34. The van der Waals surface area contributed by atoms with Gasteiger partial charge in [-0.25, -0.2) is 4.79 Å². The van der Waals surface area contributed by atoms with E-state index in [1.165, 1.54) is 18.8 Å². The highest BCUT2D eigenvalue weighted by molar-refractivity contribution is 8.00. The van der Waals surface area contributed by atoms with Crippen molar-refractivity contribution in [3.05, 3.63) is 87.8 Å². The average molecular weight is 483 g/mol. The number of nitrogens with one attached hydrogen (secondary N) is 2. The molecule has 0 bridgehead atoms. The summed E-state index contributed by atoms with van der Waals surface area (Å²) in [5.41, 5.74) is 2.92. The quantitative estimate of drug-likeness (QED) is 0.417. The van der Waals surface area contributed by atoms with Crippen LogP contribution in [0.4, 0.5) is 5.00 Å². The molecule has 2 N–H and O–H groups in total. The second-order valence-corrected chi connectivity index (χ2v) is 9.23. The molecule has 0 aliphatic carbocycles. The molecule has 1 heterocycles. The van der Waals surface area contributed by atoms with E-state index in [0.29, 0.717) is 15.4 Å². The van der Waals surface area contributed by atoms with E-state index in [0.717, 1.165) is 22.5 Å². The van der Waals surface area contributed by atoms with Crippen LogP contribution in [0.5, 0.6) is 0 Å².